The van der Waals surface area contributed by atoms with Gasteiger partial charge in [-0.2, -0.15) is 0 Å². The fourth-order valence-corrected chi connectivity index (χ4v) is 7.36. The SMILES string of the molecule is CCOc1ccc([C@H]2C(C(=O)OC)=CN=c3s/c(=C\c4cc(Br)c(OCc5ccc(Br)cc5)c(Br)c4)c(=O)n32)cc1OCC. The summed E-state index contributed by atoms with van der Waals surface area (Å²) in [7, 11) is 1.30. The fourth-order valence-electron chi connectivity index (χ4n) is 4.68. The maximum absolute atomic E-state index is 14.0. The van der Waals surface area contributed by atoms with Crippen molar-refractivity contribution < 1.29 is 23.7 Å². The van der Waals surface area contributed by atoms with Gasteiger partial charge in [-0.1, -0.05) is 45.5 Å². The molecule has 1 aromatic heterocycles. The molecule has 3 aromatic carbocycles. The number of hydrogen-bond acceptors (Lipinski definition) is 8. The van der Waals surface area contributed by atoms with E-state index in [9.17, 15) is 9.59 Å². The summed E-state index contributed by atoms with van der Waals surface area (Å²) in [5, 5.41) is 0. The van der Waals surface area contributed by atoms with Gasteiger partial charge in [-0.25, -0.2) is 9.79 Å². The summed E-state index contributed by atoms with van der Waals surface area (Å²) in [6.07, 6.45) is 3.26. The molecule has 0 spiro atoms. The summed E-state index contributed by atoms with van der Waals surface area (Å²) in [6.45, 7) is 5.05. The number of benzene rings is 3. The first-order valence-electron chi connectivity index (χ1n) is 13.6. The van der Waals surface area contributed by atoms with Crippen LogP contribution in [-0.4, -0.2) is 30.9 Å². The number of aromatic nitrogens is 1. The quantitative estimate of drug-likeness (QED) is 0.166. The highest BCUT2D eigenvalue weighted by atomic mass is 79.9. The largest absolute Gasteiger partial charge is 0.490 e. The highest BCUT2D eigenvalue weighted by molar-refractivity contribution is 9.11. The second-order valence-corrected chi connectivity index (χ2v) is 13.1. The van der Waals surface area contributed by atoms with Crippen molar-refractivity contribution in [1.29, 1.82) is 0 Å². The van der Waals surface area contributed by atoms with Crippen LogP contribution in [0.15, 0.2) is 89.6 Å². The van der Waals surface area contributed by atoms with Crippen molar-refractivity contribution in [2.75, 3.05) is 20.3 Å². The minimum absolute atomic E-state index is 0.232. The molecule has 0 aliphatic carbocycles. The molecule has 1 aliphatic rings. The van der Waals surface area contributed by atoms with Crippen molar-refractivity contribution in [2.45, 2.75) is 26.5 Å². The second-order valence-electron chi connectivity index (χ2n) is 9.48. The lowest BCUT2D eigenvalue weighted by Gasteiger charge is -2.23. The van der Waals surface area contributed by atoms with Crippen molar-refractivity contribution in [3.8, 4) is 17.2 Å². The van der Waals surface area contributed by atoms with Crippen LogP contribution < -0.4 is 29.1 Å². The third-order valence-corrected chi connectivity index (χ3v) is 9.33. The molecule has 12 heteroatoms. The molecule has 0 N–H and O–H groups in total. The molecule has 1 aliphatic heterocycles. The highest BCUT2D eigenvalue weighted by Gasteiger charge is 2.31. The first-order valence-corrected chi connectivity index (χ1v) is 16.8. The number of ether oxygens (including phenoxy) is 4. The number of halogens is 3. The maximum atomic E-state index is 14.0. The van der Waals surface area contributed by atoms with E-state index in [1.807, 2.05) is 56.3 Å². The Hall–Kier alpha value is -3.19. The van der Waals surface area contributed by atoms with Crippen LogP contribution in [0.4, 0.5) is 0 Å². The molecule has 1 atom stereocenters. The maximum Gasteiger partial charge on any atom is 0.337 e. The smallest absolute Gasteiger partial charge is 0.337 e. The van der Waals surface area contributed by atoms with E-state index in [1.165, 1.54) is 29.2 Å². The van der Waals surface area contributed by atoms with Gasteiger partial charge in [0.05, 0.1) is 45.4 Å². The van der Waals surface area contributed by atoms with E-state index in [4.69, 9.17) is 18.9 Å². The Morgan fingerprint density at radius 3 is 2.30 bits per heavy atom. The molecule has 0 amide bonds. The lowest BCUT2D eigenvalue weighted by atomic mass is 9.97. The first-order chi connectivity index (χ1) is 21.2. The van der Waals surface area contributed by atoms with Crippen molar-refractivity contribution in [3.63, 3.8) is 0 Å². The number of nitrogens with zero attached hydrogens (tertiary/aromatic N) is 2. The molecule has 0 unspecified atom stereocenters. The van der Waals surface area contributed by atoms with Gasteiger partial charge in [0.15, 0.2) is 16.3 Å². The van der Waals surface area contributed by atoms with Crippen molar-refractivity contribution in [2.24, 2.45) is 4.99 Å². The van der Waals surface area contributed by atoms with E-state index in [0.717, 1.165) is 24.5 Å². The fraction of sp³-hybridized carbons (Fsp3) is 0.219. The Bertz CT molecular complexity index is 1890. The standard InChI is InChI=1S/C32H27Br3N2O6S/c1-4-41-25-11-8-20(15-26(25)42-5-2)28-22(31(39)40-3)16-36-32-37(28)30(38)27(44-32)14-19-12-23(34)29(24(35)13-19)43-17-18-6-9-21(33)10-7-18/h6-16,28H,4-5,17H2,1-3H3/b27-14-/t28-/m0/s1. The van der Waals surface area contributed by atoms with Crippen LogP contribution in [0.3, 0.4) is 0 Å². The zero-order chi connectivity index (χ0) is 31.4. The van der Waals surface area contributed by atoms with Crippen LogP contribution in [-0.2, 0) is 16.1 Å². The van der Waals surface area contributed by atoms with E-state index < -0.39 is 12.0 Å². The van der Waals surface area contributed by atoms with Crippen molar-refractivity contribution in [3.05, 3.63) is 116 Å². The third kappa shape index (κ3) is 6.88. The molecule has 5 rings (SSSR count). The predicted molar refractivity (Wildman–Crippen MR) is 180 cm³/mol. The van der Waals surface area contributed by atoms with Gasteiger partial charge < -0.3 is 18.9 Å². The lowest BCUT2D eigenvalue weighted by molar-refractivity contribution is -0.136. The zero-order valence-electron chi connectivity index (χ0n) is 23.9. The Labute approximate surface area is 283 Å². The van der Waals surface area contributed by atoms with E-state index in [0.29, 0.717) is 52.0 Å². The summed E-state index contributed by atoms with van der Waals surface area (Å²) in [4.78, 5) is 31.7. The van der Waals surface area contributed by atoms with Crippen LogP contribution >= 0.6 is 59.1 Å². The van der Waals surface area contributed by atoms with Gasteiger partial charge in [-0.05, 0) is 105 Å². The van der Waals surface area contributed by atoms with Crippen molar-refractivity contribution >= 4 is 71.2 Å². The van der Waals surface area contributed by atoms with Crippen LogP contribution in [0.1, 0.15) is 36.6 Å². The van der Waals surface area contributed by atoms with Crippen LogP contribution in [0.25, 0.3) is 6.08 Å². The van der Waals surface area contributed by atoms with Gasteiger partial charge in [0.25, 0.3) is 5.56 Å². The van der Waals surface area contributed by atoms with Gasteiger partial charge in [-0.15, -0.1) is 0 Å². The van der Waals surface area contributed by atoms with Crippen LogP contribution in [0, 0.1) is 0 Å². The molecule has 4 aromatic rings. The highest BCUT2D eigenvalue weighted by Crippen LogP contribution is 2.37. The van der Waals surface area contributed by atoms with Crippen molar-refractivity contribution in [1.82, 2.24) is 4.57 Å². The molecule has 2 heterocycles. The Morgan fingerprint density at radius 1 is 0.955 bits per heavy atom. The molecule has 0 fully saturated rings. The summed E-state index contributed by atoms with van der Waals surface area (Å²) >= 11 is 11.9. The Morgan fingerprint density at radius 2 is 1.64 bits per heavy atom. The average Bonchev–Trinajstić information content (AvgIpc) is 3.32. The zero-order valence-corrected chi connectivity index (χ0v) is 29.5. The molecule has 0 radical (unpaired) electrons. The molecule has 44 heavy (non-hydrogen) atoms. The monoisotopic (exact) mass is 804 g/mol. The minimum atomic E-state index is -0.774. The summed E-state index contributed by atoms with van der Waals surface area (Å²) in [5.74, 6) is 1.17. The molecular weight excluding hydrogens is 780 g/mol. The van der Waals surface area contributed by atoms with Gasteiger partial charge in [-0.3, -0.25) is 9.36 Å². The van der Waals surface area contributed by atoms with E-state index in [2.05, 4.69) is 52.8 Å². The third-order valence-electron chi connectivity index (χ3n) is 6.62. The number of carbonyl (C=O) groups excluding carboxylic acids is 1. The first kappa shape index (κ1) is 32.2. The number of rotatable bonds is 10. The summed E-state index contributed by atoms with van der Waals surface area (Å²) in [5.41, 5.74) is 2.40. The summed E-state index contributed by atoms with van der Waals surface area (Å²) in [6, 6.07) is 16.3. The lowest BCUT2D eigenvalue weighted by Crippen LogP contribution is -2.39. The normalized spacial score (nSPS) is 14.4. The van der Waals surface area contributed by atoms with E-state index in [1.54, 1.807) is 18.2 Å². The Balaban J connectivity index is 1.54. The minimum Gasteiger partial charge on any atom is -0.490 e. The average molecular weight is 807 g/mol. The van der Waals surface area contributed by atoms with Gasteiger partial charge in [0.1, 0.15) is 12.4 Å². The molecule has 8 nitrogen and oxygen atoms in total. The van der Waals surface area contributed by atoms with E-state index >= 15 is 0 Å². The molecule has 228 valence electrons. The number of thiazole rings is 1. The van der Waals surface area contributed by atoms with Gasteiger partial charge in [0.2, 0.25) is 0 Å². The number of hydrogen-bond donors (Lipinski definition) is 0. The predicted octanol–water partition coefficient (Wildman–Crippen LogP) is 6.68. The number of carbonyl (C=O) groups is 1. The Kier molecular flexibility index (Phi) is 10.5. The molecular formula is C32H27Br3N2O6S. The van der Waals surface area contributed by atoms with Gasteiger partial charge in [0, 0.05) is 10.7 Å². The number of fused-ring (bicyclic) bond motifs is 1. The number of esters is 1. The molecule has 0 saturated carbocycles. The molecule has 0 saturated heterocycles. The number of methoxy groups -OCH3 is 1. The van der Waals surface area contributed by atoms with E-state index in [-0.39, 0.29) is 11.1 Å². The molecule has 0 bridgehead atoms. The van der Waals surface area contributed by atoms with Gasteiger partial charge >= 0.3 is 5.97 Å². The second kappa shape index (κ2) is 14.3. The van der Waals surface area contributed by atoms with Crippen LogP contribution in [0.5, 0.6) is 17.2 Å². The van der Waals surface area contributed by atoms with Crippen LogP contribution in [0.2, 0.25) is 0 Å². The summed E-state index contributed by atoms with van der Waals surface area (Å²) < 4.78 is 27.1. The topological polar surface area (TPSA) is 88.4 Å².